The SMILES string of the molecule is COC(=O)c1c(-c2ccccc2)c(-c2ccccc2)c(-c2ccccc2)n1C. The second-order valence-electron chi connectivity index (χ2n) is 6.60. The van der Waals surface area contributed by atoms with Crippen molar-refractivity contribution in [3.05, 3.63) is 96.7 Å². The minimum absolute atomic E-state index is 0.347. The first-order valence-corrected chi connectivity index (χ1v) is 9.19. The molecule has 3 nitrogen and oxygen atoms in total. The van der Waals surface area contributed by atoms with E-state index in [0.29, 0.717) is 5.69 Å². The molecule has 0 amide bonds. The average molecular weight is 367 g/mol. The molecule has 0 atom stereocenters. The van der Waals surface area contributed by atoms with Gasteiger partial charge < -0.3 is 9.30 Å². The summed E-state index contributed by atoms with van der Waals surface area (Å²) in [6, 6.07) is 30.4. The molecule has 4 aromatic rings. The third-order valence-electron chi connectivity index (χ3n) is 4.95. The molecule has 0 saturated heterocycles. The molecule has 1 aromatic heterocycles. The van der Waals surface area contributed by atoms with Crippen molar-refractivity contribution >= 4 is 5.97 Å². The van der Waals surface area contributed by atoms with Gasteiger partial charge in [0.1, 0.15) is 5.69 Å². The number of rotatable bonds is 4. The molecular formula is C25H21NO2. The van der Waals surface area contributed by atoms with Crippen LogP contribution in [-0.2, 0) is 11.8 Å². The molecule has 138 valence electrons. The number of aromatic nitrogens is 1. The highest BCUT2D eigenvalue weighted by molar-refractivity contribution is 6.06. The van der Waals surface area contributed by atoms with E-state index in [9.17, 15) is 4.79 Å². The fourth-order valence-electron chi connectivity index (χ4n) is 3.73. The topological polar surface area (TPSA) is 31.2 Å². The van der Waals surface area contributed by atoms with Crippen molar-refractivity contribution in [2.45, 2.75) is 0 Å². The van der Waals surface area contributed by atoms with Crippen LogP contribution >= 0.6 is 0 Å². The van der Waals surface area contributed by atoms with Crippen LogP contribution in [0.5, 0.6) is 0 Å². The molecule has 0 aliphatic heterocycles. The van der Waals surface area contributed by atoms with Crippen LogP contribution in [0, 0.1) is 0 Å². The maximum Gasteiger partial charge on any atom is 0.355 e. The first-order valence-electron chi connectivity index (χ1n) is 9.19. The Hall–Kier alpha value is -3.59. The van der Waals surface area contributed by atoms with Crippen LogP contribution in [0.2, 0.25) is 0 Å². The summed E-state index contributed by atoms with van der Waals surface area (Å²) in [5, 5.41) is 0. The monoisotopic (exact) mass is 367 g/mol. The lowest BCUT2D eigenvalue weighted by Gasteiger charge is -2.10. The van der Waals surface area contributed by atoms with E-state index in [1.54, 1.807) is 0 Å². The molecule has 0 spiro atoms. The molecular weight excluding hydrogens is 346 g/mol. The molecule has 1 heterocycles. The minimum Gasteiger partial charge on any atom is -0.464 e. The van der Waals surface area contributed by atoms with E-state index in [0.717, 1.165) is 33.5 Å². The third kappa shape index (κ3) is 3.01. The van der Waals surface area contributed by atoms with Crippen LogP contribution in [0.25, 0.3) is 33.5 Å². The first kappa shape index (κ1) is 17.8. The zero-order valence-corrected chi connectivity index (χ0v) is 15.9. The number of esters is 1. The molecule has 4 rings (SSSR count). The summed E-state index contributed by atoms with van der Waals surface area (Å²) in [7, 11) is 3.35. The zero-order valence-electron chi connectivity index (χ0n) is 15.9. The molecule has 0 aliphatic carbocycles. The van der Waals surface area contributed by atoms with Gasteiger partial charge in [-0.2, -0.15) is 0 Å². The van der Waals surface area contributed by atoms with E-state index in [1.807, 2.05) is 78.3 Å². The molecule has 0 radical (unpaired) electrons. The third-order valence-corrected chi connectivity index (χ3v) is 4.95. The summed E-state index contributed by atoms with van der Waals surface area (Å²) in [5.41, 5.74) is 6.56. The fourth-order valence-corrected chi connectivity index (χ4v) is 3.73. The average Bonchev–Trinajstić information content (AvgIpc) is 3.08. The van der Waals surface area contributed by atoms with Gasteiger partial charge in [-0.05, 0) is 16.7 Å². The summed E-state index contributed by atoms with van der Waals surface area (Å²) < 4.78 is 7.11. The van der Waals surface area contributed by atoms with Crippen molar-refractivity contribution < 1.29 is 9.53 Å². The summed E-state index contributed by atoms with van der Waals surface area (Å²) in [6.45, 7) is 0. The summed E-state index contributed by atoms with van der Waals surface area (Å²) in [5.74, 6) is -0.347. The van der Waals surface area contributed by atoms with E-state index < -0.39 is 0 Å². The molecule has 0 saturated carbocycles. The molecule has 28 heavy (non-hydrogen) atoms. The summed E-state index contributed by atoms with van der Waals surface area (Å²) in [4.78, 5) is 12.8. The number of nitrogens with zero attached hydrogens (tertiary/aromatic N) is 1. The van der Waals surface area contributed by atoms with Crippen LogP contribution in [0.1, 0.15) is 10.5 Å². The van der Waals surface area contributed by atoms with Crippen LogP contribution in [0.4, 0.5) is 0 Å². The molecule has 3 aromatic carbocycles. The Morgan fingerprint density at radius 3 is 1.57 bits per heavy atom. The van der Waals surface area contributed by atoms with Gasteiger partial charge in [-0.1, -0.05) is 91.0 Å². The molecule has 0 unspecified atom stereocenters. The van der Waals surface area contributed by atoms with Crippen molar-refractivity contribution in [2.24, 2.45) is 7.05 Å². The van der Waals surface area contributed by atoms with Gasteiger partial charge in [0.15, 0.2) is 0 Å². The van der Waals surface area contributed by atoms with E-state index in [1.165, 1.54) is 7.11 Å². The smallest absolute Gasteiger partial charge is 0.355 e. The van der Waals surface area contributed by atoms with Crippen molar-refractivity contribution in [1.29, 1.82) is 0 Å². The first-order chi connectivity index (χ1) is 13.7. The predicted octanol–water partition coefficient (Wildman–Crippen LogP) is 5.81. The van der Waals surface area contributed by atoms with Crippen molar-refractivity contribution in [3.8, 4) is 33.5 Å². The van der Waals surface area contributed by atoms with E-state index in [4.69, 9.17) is 4.74 Å². The fraction of sp³-hybridized carbons (Fsp3) is 0.0800. The van der Waals surface area contributed by atoms with Gasteiger partial charge in [-0.3, -0.25) is 0 Å². The van der Waals surface area contributed by atoms with Gasteiger partial charge >= 0.3 is 5.97 Å². The highest BCUT2D eigenvalue weighted by atomic mass is 16.5. The molecule has 0 N–H and O–H groups in total. The summed E-state index contributed by atoms with van der Waals surface area (Å²) in [6.07, 6.45) is 0. The van der Waals surface area contributed by atoms with Gasteiger partial charge in [0.05, 0.1) is 12.8 Å². The lowest BCUT2D eigenvalue weighted by molar-refractivity contribution is 0.0591. The molecule has 0 aliphatic rings. The quantitative estimate of drug-likeness (QED) is 0.426. The second-order valence-corrected chi connectivity index (χ2v) is 6.60. The number of ether oxygens (including phenoxy) is 1. The Kier molecular flexibility index (Phi) is 4.81. The van der Waals surface area contributed by atoms with Gasteiger partial charge in [0.25, 0.3) is 0 Å². The largest absolute Gasteiger partial charge is 0.464 e. The molecule has 3 heteroatoms. The normalized spacial score (nSPS) is 10.6. The second kappa shape index (κ2) is 7.57. The Morgan fingerprint density at radius 1 is 0.679 bits per heavy atom. The van der Waals surface area contributed by atoms with E-state index in [2.05, 4.69) is 24.3 Å². The van der Waals surface area contributed by atoms with Gasteiger partial charge in [-0.25, -0.2) is 4.79 Å². The Balaban J connectivity index is 2.16. The lowest BCUT2D eigenvalue weighted by Crippen LogP contribution is -2.09. The Morgan fingerprint density at radius 2 is 1.11 bits per heavy atom. The van der Waals surface area contributed by atoms with Gasteiger partial charge in [0, 0.05) is 18.2 Å². The Labute approximate surface area is 164 Å². The number of hydrogen-bond acceptors (Lipinski definition) is 2. The van der Waals surface area contributed by atoms with Gasteiger partial charge in [0.2, 0.25) is 0 Å². The lowest BCUT2D eigenvalue weighted by atomic mass is 9.93. The highest BCUT2D eigenvalue weighted by Crippen LogP contribution is 2.44. The number of hydrogen-bond donors (Lipinski definition) is 0. The van der Waals surface area contributed by atoms with Crippen LogP contribution < -0.4 is 0 Å². The predicted molar refractivity (Wildman–Crippen MR) is 113 cm³/mol. The minimum atomic E-state index is -0.347. The zero-order chi connectivity index (χ0) is 19.5. The summed E-state index contributed by atoms with van der Waals surface area (Å²) >= 11 is 0. The number of carbonyl (C=O) groups excluding carboxylic acids is 1. The maximum absolute atomic E-state index is 12.8. The number of carbonyl (C=O) groups is 1. The standard InChI is InChI=1S/C25H21NO2/c1-26-23(20-16-10-5-11-17-20)21(18-12-6-3-7-13-18)22(24(26)25(27)28-2)19-14-8-4-9-15-19/h3-17H,1-2H3. The number of methoxy groups -OCH3 is 1. The molecule has 0 bridgehead atoms. The Bertz CT molecular complexity index is 1100. The van der Waals surface area contributed by atoms with Crippen molar-refractivity contribution in [1.82, 2.24) is 4.57 Å². The van der Waals surface area contributed by atoms with E-state index in [-0.39, 0.29) is 5.97 Å². The number of benzene rings is 3. The van der Waals surface area contributed by atoms with Crippen molar-refractivity contribution in [2.75, 3.05) is 7.11 Å². The highest BCUT2D eigenvalue weighted by Gasteiger charge is 2.28. The van der Waals surface area contributed by atoms with E-state index >= 15 is 0 Å². The maximum atomic E-state index is 12.8. The van der Waals surface area contributed by atoms with Crippen LogP contribution in [0.15, 0.2) is 91.0 Å². The molecule has 0 fully saturated rings. The van der Waals surface area contributed by atoms with Crippen LogP contribution in [0.3, 0.4) is 0 Å². The van der Waals surface area contributed by atoms with Gasteiger partial charge in [-0.15, -0.1) is 0 Å². The van der Waals surface area contributed by atoms with Crippen molar-refractivity contribution in [3.63, 3.8) is 0 Å². The van der Waals surface area contributed by atoms with Crippen LogP contribution in [-0.4, -0.2) is 17.6 Å².